The molecule has 0 aliphatic carbocycles. The van der Waals surface area contributed by atoms with Crippen molar-refractivity contribution in [3.8, 4) is 5.75 Å². The molecule has 17 heavy (non-hydrogen) atoms. The number of ether oxygens (including phenoxy) is 1. The fraction of sp³-hybridized carbons (Fsp3) is 0.167. The van der Waals surface area contributed by atoms with Gasteiger partial charge in [0.15, 0.2) is 0 Å². The van der Waals surface area contributed by atoms with Gasteiger partial charge in [0.25, 0.3) is 5.91 Å². The molecule has 0 fully saturated rings. The predicted molar refractivity (Wildman–Crippen MR) is 62.8 cm³/mol. The summed E-state index contributed by atoms with van der Waals surface area (Å²) in [4.78, 5) is 11.8. The number of amides is 1. The van der Waals surface area contributed by atoms with E-state index in [0.717, 1.165) is 11.4 Å². The van der Waals surface area contributed by atoms with Crippen LogP contribution in [-0.4, -0.2) is 23.2 Å². The second kappa shape index (κ2) is 5.16. The molecule has 1 amide bonds. The quantitative estimate of drug-likeness (QED) is 0.834. The van der Waals surface area contributed by atoms with E-state index in [0.29, 0.717) is 12.1 Å². The van der Waals surface area contributed by atoms with Crippen LogP contribution in [0.3, 0.4) is 0 Å². The summed E-state index contributed by atoms with van der Waals surface area (Å²) in [6.07, 6.45) is 1.65. The van der Waals surface area contributed by atoms with E-state index in [2.05, 4.69) is 15.5 Å². The van der Waals surface area contributed by atoms with Crippen LogP contribution in [0.15, 0.2) is 36.5 Å². The van der Waals surface area contributed by atoms with Gasteiger partial charge in [-0.15, -0.1) is 0 Å². The van der Waals surface area contributed by atoms with E-state index in [-0.39, 0.29) is 5.91 Å². The lowest BCUT2D eigenvalue weighted by Gasteiger charge is -2.04. The average molecular weight is 231 g/mol. The number of benzene rings is 1. The lowest BCUT2D eigenvalue weighted by atomic mass is 10.2. The molecule has 1 aromatic carbocycles. The molecule has 0 aliphatic heterocycles. The highest BCUT2D eigenvalue weighted by atomic mass is 16.5. The normalized spacial score (nSPS) is 9.94. The van der Waals surface area contributed by atoms with Crippen LogP contribution >= 0.6 is 0 Å². The molecule has 0 saturated heterocycles. The number of hydrogen-bond acceptors (Lipinski definition) is 3. The molecular formula is C12H13N3O2. The van der Waals surface area contributed by atoms with E-state index in [1.165, 1.54) is 0 Å². The Balaban J connectivity index is 1.95. The van der Waals surface area contributed by atoms with Gasteiger partial charge in [0.05, 0.1) is 19.3 Å². The topological polar surface area (TPSA) is 67.0 Å². The lowest BCUT2D eigenvalue weighted by Crippen LogP contribution is -2.22. The monoisotopic (exact) mass is 231 g/mol. The summed E-state index contributed by atoms with van der Waals surface area (Å²) in [7, 11) is 1.59. The molecule has 0 unspecified atom stereocenters. The van der Waals surface area contributed by atoms with Gasteiger partial charge in [0.2, 0.25) is 0 Å². The maximum Gasteiger partial charge on any atom is 0.251 e. The van der Waals surface area contributed by atoms with Crippen molar-refractivity contribution in [2.24, 2.45) is 0 Å². The third-order valence-corrected chi connectivity index (χ3v) is 2.35. The summed E-state index contributed by atoms with van der Waals surface area (Å²) in [6.45, 7) is 0.435. The van der Waals surface area contributed by atoms with Gasteiger partial charge in [-0.25, -0.2) is 0 Å². The van der Waals surface area contributed by atoms with Crippen molar-refractivity contribution in [1.82, 2.24) is 15.5 Å². The van der Waals surface area contributed by atoms with Crippen LogP contribution in [0.1, 0.15) is 16.1 Å². The van der Waals surface area contributed by atoms with Crippen LogP contribution in [-0.2, 0) is 6.54 Å². The molecule has 0 bridgehead atoms. The van der Waals surface area contributed by atoms with Crippen LogP contribution in [0.5, 0.6) is 5.75 Å². The Bertz CT molecular complexity index is 477. The molecule has 5 heteroatoms. The van der Waals surface area contributed by atoms with Crippen molar-refractivity contribution in [3.05, 3.63) is 47.8 Å². The third kappa shape index (κ3) is 2.84. The smallest absolute Gasteiger partial charge is 0.251 e. The number of aromatic nitrogens is 2. The van der Waals surface area contributed by atoms with E-state index < -0.39 is 0 Å². The van der Waals surface area contributed by atoms with Gasteiger partial charge in [-0.05, 0) is 30.3 Å². The molecule has 0 aliphatic rings. The number of carbonyl (C=O) groups is 1. The van der Waals surface area contributed by atoms with Crippen LogP contribution < -0.4 is 10.1 Å². The van der Waals surface area contributed by atoms with Crippen molar-refractivity contribution in [1.29, 1.82) is 0 Å². The third-order valence-electron chi connectivity index (χ3n) is 2.35. The molecule has 2 rings (SSSR count). The number of nitrogens with one attached hydrogen (secondary N) is 2. The lowest BCUT2D eigenvalue weighted by molar-refractivity contribution is 0.0950. The Labute approximate surface area is 98.8 Å². The van der Waals surface area contributed by atoms with E-state index in [1.54, 1.807) is 37.6 Å². The first-order chi connectivity index (χ1) is 8.29. The van der Waals surface area contributed by atoms with Crippen LogP contribution in [0.4, 0.5) is 0 Å². The zero-order valence-electron chi connectivity index (χ0n) is 9.43. The van der Waals surface area contributed by atoms with Crippen molar-refractivity contribution in [2.75, 3.05) is 7.11 Å². The van der Waals surface area contributed by atoms with Gasteiger partial charge in [-0.1, -0.05) is 0 Å². The predicted octanol–water partition coefficient (Wildman–Crippen LogP) is 1.35. The molecule has 5 nitrogen and oxygen atoms in total. The summed E-state index contributed by atoms with van der Waals surface area (Å²) >= 11 is 0. The van der Waals surface area contributed by atoms with Gasteiger partial charge in [-0.3, -0.25) is 9.89 Å². The Hall–Kier alpha value is -2.30. The summed E-state index contributed by atoms with van der Waals surface area (Å²) in [5.41, 5.74) is 1.47. The summed E-state index contributed by atoms with van der Waals surface area (Å²) < 4.78 is 5.02. The first-order valence-electron chi connectivity index (χ1n) is 5.20. The molecule has 0 atom stereocenters. The first-order valence-corrected chi connectivity index (χ1v) is 5.20. The molecule has 1 aromatic heterocycles. The number of nitrogens with zero attached hydrogens (tertiary/aromatic N) is 1. The van der Waals surface area contributed by atoms with E-state index in [1.807, 2.05) is 6.07 Å². The Morgan fingerprint density at radius 3 is 2.71 bits per heavy atom. The number of carbonyl (C=O) groups excluding carboxylic acids is 1. The summed E-state index contributed by atoms with van der Waals surface area (Å²) in [6, 6.07) is 8.77. The van der Waals surface area contributed by atoms with Crippen LogP contribution in [0.2, 0.25) is 0 Å². The van der Waals surface area contributed by atoms with Gasteiger partial charge in [-0.2, -0.15) is 5.10 Å². The molecule has 0 radical (unpaired) electrons. The molecule has 2 N–H and O–H groups in total. The zero-order chi connectivity index (χ0) is 12.1. The van der Waals surface area contributed by atoms with Gasteiger partial charge >= 0.3 is 0 Å². The summed E-state index contributed by atoms with van der Waals surface area (Å²) in [5, 5.41) is 9.37. The maximum absolute atomic E-state index is 11.8. The number of methoxy groups -OCH3 is 1. The fourth-order valence-corrected chi connectivity index (χ4v) is 1.40. The number of hydrogen-bond donors (Lipinski definition) is 2. The van der Waals surface area contributed by atoms with Gasteiger partial charge in [0.1, 0.15) is 5.75 Å². The van der Waals surface area contributed by atoms with Crippen molar-refractivity contribution in [3.63, 3.8) is 0 Å². The second-order valence-electron chi connectivity index (χ2n) is 3.49. The van der Waals surface area contributed by atoms with Gasteiger partial charge < -0.3 is 10.1 Å². The number of H-pyrrole nitrogens is 1. The number of aromatic amines is 1. The van der Waals surface area contributed by atoms with Crippen LogP contribution in [0.25, 0.3) is 0 Å². The maximum atomic E-state index is 11.8. The Morgan fingerprint density at radius 1 is 1.35 bits per heavy atom. The largest absolute Gasteiger partial charge is 0.497 e. The average Bonchev–Trinajstić information content (AvgIpc) is 2.89. The van der Waals surface area contributed by atoms with Crippen molar-refractivity contribution < 1.29 is 9.53 Å². The van der Waals surface area contributed by atoms with Crippen LogP contribution in [0, 0.1) is 0 Å². The minimum Gasteiger partial charge on any atom is -0.497 e. The van der Waals surface area contributed by atoms with E-state index in [4.69, 9.17) is 4.74 Å². The highest BCUT2D eigenvalue weighted by Gasteiger charge is 2.05. The van der Waals surface area contributed by atoms with E-state index in [9.17, 15) is 4.79 Å². The fourth-order valence-electron chi connectivity index (χ4n) is 1.40. The SMILES string of the molecule is COc1ccc(C(=O)NCc2ccn[nH]2)cc1. The van der Waals surface area contributed by atoms with Crippen molar-refractivity contribution in [2.45, 2.75) is 6.54 Å². The minimum absolute atomic E-state index is 0.123. The highest BCUT2D eigenvalue weighted by molar-refractivity contribution is 5.94. The second-order valence-corrected chi connectivity index (χ2v) is 3.49. The van der Waals surface area contributed by atoms with Crippen molar-refractivity contribution >= 4 is 5.91 Å². The Kier molecular flexibility index (Phi) is 3.40. The molecule has 1 heterocycles. The van der Waals surface area contributed by atoms with Gasteiger partial charge in [0, 0.05) is 11.8 Å². The molecule has 0 saturated carbocycles. The standard InChI is InChI=1S/C12H13N3O2/c1-17-11-4-2-9(3-5-11)12(16)13-8-10-6-7-14-15-10/h2-7H,8H2,1H3,(H,13,16)(H,14,15). The zero-order valence-corrected chi connectivity index (χ0v) is 9.43. The first kappa shape index (κ1) is 11.2. The molecule has 0 spiro atoms. The number of rotatable bonds is 4. The molecular weight excluding hydrogens is 218 g/mol. The minimum atomic E-state index is -0.123. The molecule has 2 aromatic rings. The Morgan fingerprint density at radius 2 is 2.12 bits per heavy atom. The summed E-state index contributed by atoms with van der Waals surface area (Å²) in [5.74, 6) is 0.609. The van der Waals surface area contributed by atoms with E-state index >= 15 is 0 Å². The highest BCUT2D eigenvalue weighted by Crippen LogP contribution is 2.11. The molecule has 88 valence electrons.